The fraction of sp³-hybridized carbons (Fsp3) is 0.500. The monoisotopic (exact) mass is 308 g/mol. The van der Waals surface area contributed by atoms with Crippen LogP contribution in [-0.4, -0.2) is 29.1 Å². The van der Waals surface area contributed by atoms with Gasteiger partial charge in [-0.05, 0) is 25.4 Å². The number of thiophene rings is 1. The second-order valence-corrected chi connectivity index (χ2v) is 5.95. The molecule has 7 heteroatoms. The quantitative estimate of drug-likeness (QED) is 0.814. The summed E-state index contributed by atoms with van der Waals surface area (Å²) in [6.45, 7) is 3.57. The fourth-order valence-corrected chi connectivity index (χ4v) is 2.74. The molecule has 0 fully saturated rings. The third-order valence-electron chi connectivity index (χ3n) is 3.13. The number of hydrogen-bond donors (Lipinski definition) is 2. The molecule has 2 heterocycles. The predicted octanol–water partition coefficient (Wildman–Crippen LogP) is 1.70. The van der Waals surface area contributed by atoms with E-state index in [1.807, 2.05) is 24.6 Å². The van der Waals surface area contributed by atoms with E-state index in [9.17, 15) is 4.79 Å². The summed E-state index contributed by atoms with van der Waals surface area (Å²) in [5.74, 6) is 1.15. The highest BCUT2D eigenvalue weighted by Gasteiger charge is 2.19. The summed E-state index contributed by atoms with van der Waals surface area (Å²) in [4.78, 5) is 16.8. The largest absolute Gasteiger partial charge is 0.348 e. The SMILES string of the molecule is CNC(C)Cc1noc(CC(NC(C)=O)c2cccs2)n1. The van der Waals surface area contributed by atoms with Crippen molar-refractivity contribution in [1.82, 2.24) is 20.8 Å². The molecular weight excluding hydrogens is 288 g/mol. The number of carbonyl (C=O) groups is 1. The third kappa shape index (κ3) is 4.64. The molecule has 2 N–H and O–H groups in total. The van der Waals surface area contributed by atoms with Gasteiger partial charge in [0.05, 0.1) is 12.5 Å². The Morgan fingerprint density at radius 1 is 1.48 bits per heavy atom. The molecule has 2 atom stereocenters. The van der Waals surface area contributed by atoms with Gasteiger partial charge in [0, 0.05) is 24.3 Å². The van der Waals surface area contributed by atoms with Crippen molar-refractivity contribution in [3.05, 3.63) is 34.1 Å². The van der Waals surface area contributed by atoms with Crippen molar-refractivity contribution in [2.24, 2.45) is 0 Å². The number of hydrogen-bond acceptors (Lipinski definition) is 6. The molecule has 1 amide bonds. The van der Waals surface area contributed by atoms with E-state index in [0.29, 0.717) is 30.6 Å². The zero-order valence-corrected chi connectivity index (χ0v) is 13.2. The minimum atomic E-state index is -0.127. The molecule has 0 saturated heterocycles. The molecule has 114 valence electrons. The van der Waals surface area contributed by atoms with Crippen molar-refractivity contribution < 1.29 is 9.32 Å². The van der Waals surface area contributed by atoms with Gasteiger partial charge in [-0.1, -0.05) is 11.2 Å². The molecule has 0 aromatic carbocycles. The van der Waals surface area contributed by atoms with E-state index in [2.05, 4.69) is 27.7 Å². The van der Waals surface area contributed by atoms with Gasteiger partial charge in [-0.15, -0.1) is 11.3 Å². The lowest BCUT2D eigenvalue weighted by Gasteiger charge is -2.13. The van der Waals surface area contributed by atoms with Crippen molar-refractivity contribution in [2.45, 2.75) is 38.8 Å². The van der Waals surface area contributed by atoms with Gasteiger partial charge in [-0.2, -0.15) is 4.98 Å². The Kier molecular flexibility index (Phi) is 5.46. The second-order valence-electron chi connectivity index (χ2n) is 4.97. The highest BCUT2D eigenvalue weighted by molar-refractivity contribution is 7.10. The molecule has 21 heavy (non-hydrogen) atoms. The minimum absolute atomic E-state index is 0.0723. The van der Waals surface area contributed by atoms with Gasteiger partial charge in [0.25, 0.3) is 0 Å². The Morgan fingerprint density at radius 2 is 2.29 bits per heavy atom. The molecule has 0 aliphatic heterocycles. The third-order valence-corrected chi connectivity index (χ3v) is 4.12. The summed E-state index contributed by atoms with van der Waals surface area (Å²) < 4.78 is 5.28. The molecule has 2 rings (SSSR count). The Balaban J connectivity index is 2.05. The number of rotatable bonds is 7. The van der Waals surface area contributed by atoms with Crippen LogP contribution in [-0.2, 0) is 17.6 Å². The zero-order chi connectivity index (χ0) is 15.2. The topological polar surface area (TPSA) is 80.0 Å². The first kappa shape index (κ1) is 15.7. The fourth-order valence-electron chi connectivity index (χ4n) is 1.96. The molecular formula is C14H20N4O2S. The van der Waals surface area contributed by atoms with E-state index in [-0.39, 0.29) is 11.9 Å². The van der Waals surface area contributed by atoms with E-state index in [1.165, 1.54) is 6.92 Å². The van der Waals surface area contributed by atoms with Crippen LogP contribution in [0.4, 0.5) is 0 Å². The van der Waals surface area contributed by atoms with E-state index in [1.54, 1.807) is 11.3 Å². The number of carbonyl (C=O) groups excluding carboxylic acids is 1. The van der Waals surface area contributed by atoms with E-state index >= 15 is 0 Å². The average Bonchev–Trinajstić information content (AvgIpc) is 3.09. The van der Waals surface area contributed by atoms with Gasteiger partial charge in [-0.3, -0.25) is 4.79 Å². The van der Waals surface area contributed by atoms with Gasteiger partial charge >= 0.3 is 0 Å². The van der Waals surface area contributed by atoms with Crippen LogP contribution in [0.15, 0.2) is 22.0 Å². The number of aromatic nitrogens is 2. The van der Waals surface area contributed by atoms with E-state index < -0.39 is 0 Å². The van der Waals surface area contributed by atoms with Crippen LogP contribution < -0.4 is 10.6 Å². The lowest BCUT2D eigenvalue weighted by molar-refractivity contribution is -0.119. The van der Waals surface area contributed by atoms with Gasteiger partial charge in [0.15, 0.2) is 5.82 Å². The normalized spacial score (nSPS) is 13.9. The van der Waals surface area contributed by atoms with Crippen LogP contribution in [0, 0.1) is 0 Å². The molecule has 0 radical (unpaired) electrons. The van der Waals surface area contributed by atoms with Crippen molar-refractivity contribution >= 4 is 17.2 Å². The van der Waals surface area contributed by atoms with Gasteiger partial charge in [0.1, 0.15) is 0 Å². The van der Waals surface area contributed by atoms with Gasteiger partial charge < -0.3 is 15.2 Å². The first-order valence-corrected chi connectivity index (χ1v) is 7.75. The summed E-state index contributed by atoms with van der Waals surface area (Å²) in [6, 6.07) is 4.12. The summed E-state index contributed by atoms with van der Waals surface area (Å²) in [5, 5.41) is 12.0. The van der Waals surface area contributed by atoms with Crippen molar-refractivity contribution in [1.29, 1.82) is 0 Å². The second kappa shape index (κ2) is 7.33. The summed E-state index contributed by atoms with van der Waals surface area (Å²) in [5.41, 5.74) is 0. The van der Waals surface area contributed by atoms with Gasteiger partial charge in [-0.25, -0.2) is 0 Å². The van der Waals surface area contributed by atoms with Crippen LogP contribution in [0.25, 0.3) is 0 Å². The lowest BCUT2D eigenvalue weighted by Crippen LogP contribution is -2.27. The Hall–Kier alpha value is -1.73. The Bertz CT molecular complexity index is 567. The highest BCUT2D eigenvalue weighted by atomic mass is 32.1. The summed E-state index contributed by atoms with van der Waals surface area (Å²) in [6.07, 6.45) is 1.21. The van der Waals surface area contributed by atoms with Crippen LogP contribution in [0.5, 0.6) is 0 Å². The van der Waals surface area contributed by atoms with E-state index in [0.717, 1.165) is 4.88 Å². The first-order chi connectivity index (χ1) is 10.1. The molecule has 0 aliphatic rings. The molecule has 0 bridgehead atoms. The predicted molar refractivity (Wildman–Crippen MR) is 81.1 cm³/mol. The Morgan fingerprint density at radius 3 is 2.90 bits per heavy atom. The number of nitrogens with one attached hydrogen (secondary N) is 2. The molecule has 0 aliphatic carbocycles. The maximum absolute atomic E-state index is 11.3. The highest BCUT2D eigenvalue weighted by Crippen LogP contribution is 2.22. The van der Waals surface area contributed by atoms with Gasteiger partial charge in [0.2, 0.25) is 11.8 Å². The number of nitrogens with zero attached hydrogens (tertiary/aromatic N) is 2. The molecule has 2 unspecified atom stereocenters. The summed E-state index contributed by atoms with van der Waals surface area (Å²) >= 11 is 1.60. The molecule has 2 aromatic heterocycles. The van der Waals surface area contributed by atoms with Crippen LogP contribution in [0.3, 0.4) is 0 Å². The Labute approximate surface area is 127 Å². The van der Waals surface area contributed by atoms with Crippen LogP contribution in [0.2, 0.25) is 0 Å². The summed E-state index contributed by atoms with van der Waals surface area (Å²) in [7, 11) is 1.90. The van der Waals surface area contributed by atoms with Crippen LogP contribution >= 0.6 is 11.3 Å². The molecule has 0 spiro atoms. The zero-order valence-electron chi connectivity index (χ0n) is 12.4. The maximum Gasteiger partial charge on any atom is 0.229 e. The number of likely N-dealkylation sites (N-methyl/N-ethyl adjacent to an activating group) is 1. The average molecular weight is 308 g/mol. The smallest absolute Gasteiger partial charge is 0.229 e. The minimum Gasteiger partial charge on any atom is -0.348 e. The van der Waals surface area contributed by atoms with Crippen LogP contribution in [0.1, 0.15) is 36.5 Å². The maximum atomic E-state index is 11.3. The first-order valence-electron chi connectivity index (χ1n) is 6.87. The molecule has 6 nitrogen and oxygen atoms in total. The number of amides is 1. The molecule has 0 saturated carbocycles. The lowest BCUT2D eigenvalue weighted by atomic mass is 10.1. The van der Waals surface area contributed by atoms with Crippen molar-refractivity contribution in [3.8, 4) is 0 Å². The van der Waals surface area contributed by atoms with Crippen molar-refractivity contribution in [3.63, 3.8) is 0 Å². The standard InChI is InChI=1S/C14H20N4O2S/c1-9(15-3)7-13-17-14(20-18-13)8-11(16-10(2)19)12-5-4-6-21-12/h4-6,9,11,15H,7-8H2,1-3H3,(H,16,19). The van der Waals surface area contributed by atoms with E-state index in [4.69, 9.17) is 4.52 Å². The molecule has 2 aromatic rings. The van der Waals surface area contributed by atoms with Crippen molar-refractivity contribution in [2.75, 3.05) is 7.05 Å².